The number of benzene rings is 2. The molecule has 1 saturated heterocycles. The van der Waals surface area contributed by atoms with Gasteiger partial charge in [0.2, 0.25) is 10.0 Å². The van der Waals surface area contributed by atoms with E-state index in [1.807, 2.05) is 36.4 Å². The monoisotopic (exact) mass is 409 g/mol. The van der Waals surface area contributed by atoms with Crippen molar-refractivity contribution >= 4 is 27.3 Å². The molecule has 0 aliphatic carbocycles. The summed E-state index contributed by atoms with van der Waals surface area (Å²) in [5, 5.41) is 0.694. The van der Waals surface area contributed by atoms with Crippen molar-refractivity contribution in [2.75, 3.05) is 51.3 Å². The highest BCUT2D eigenvalue weighted by atomic mass is 35.5. The number of anilines is 1. The fraction of sp³-hybridized carbons (Fsp3) is 0.368. The molecule has 1 aliphatic heterocycles. The zero-order chi connectivity index (χ0) is 19.3. The number of rotatable bonds is 7. The number of hydrogen-bond acceptors (Lipinski definition) is 5. The number of sulfonamides is 1. The fourth-order valence-electron chi connectivity index (χ4n) is 3.09. The zero-order valence-corrected chi connectivity index (χ0v) is 16.8. The highest BCUT2D eigenvalue weighted by Gasteiger charge is 2.23. The molecule has 0 atom stereocenters. The maximum Gasteiger partial charge on any atom is 0.242 e. The first-order valence-corrected chi connectivity index (χ1v) is 10.7. The van der Waals surface area contributed by atoms with Gasteiger partial charge in [-0.05, 0) is 43.4 Å². The minimum Gasteiger partial charge on any atom is -0.492 e. The summed E-state index contributed by atoms with van der Waals surface area (Å²) in [6, 6.07) is 14.5. The second kappa shape index (κ2) is 8.93. The van der Waals surface area contributed by atoms with E-state index in [0.717, 1.165) is 44.2 Å². The number of para-hydroxylation sites is 1. The second-order valence-electron chi connectivity index (χ2n) is 6.31. The molecule has 1 fully saturated rings. The highest BCUT2D eigenvalue weighted by Crippen LogP contribution is 2.25. The maximum atomic E-state index is 12.3. The van der Waals surface area contributed by atoms with Gasteiger partial charge in [-0.2, -0.15) is 0 Å². The molecule has 0 bridgehead atoms. The van der Waals surface area contributed by atoms with Crippen molar-refractivity contribution in [2.24, 2.45) is 0 Å². The number of piperazine rings is 1. The van der Waals surface area contributed by atoms with E-state index < -0.39 is 10.0 Å². The standard InChI is InChI=1S/C19H24ClN3O3S/c1-21-27(24,25)19-5-3-2-4-18(19)23-12-10-22(11-13-23)14-15-26-17-8-6-16(20)7-9-17/h2-9,21H,10-15H2,1H3. The number of ether oxygens (including phenoxy) is 1. The normalized spacial score (nSPS) is 15.7. The van der Waals surface area contributed by atoms with Crippen LogP contribution in [0.3, 0.4) is 0 Å². The number of halogens is 1. The minimum atomic E-state index is -3.47. The third-order valence-corrected chi connectivity index (χ3v) is 6.34. The predicted octanol–water partition coefficient (Wildman–Crippen LogP) is 2.45. The van der Waals surface area contributed by atoms with Crippen LogP contribution in [-0.4, -0.2) is 59.7 Å². The van der Waals surface area contributed by atoms with Gasteiger partial charge in [-0.15, -0.1) is 0 Å². The molecule has 6 nitrogen and oxygen atoms in total. The predicted molar refractivity (Wildman–Crippen MR) is 108 cm³/mol. The van der Waals surface area contributed by atoms with E-state index in [1.165, 1.54) is 7.05 Å². The number of nitrogens with one attached hydrogen (secondary N) is 1. The van der Waals surface area contributed by atoms with Crippen molar-refractivity contribution in [3.05, 3.63) is 53.6 Å². The topological polar surface area (TPSA) is 61.9 Å². The first kappa shape index (κ1) is 19.9. The largest absolute Gasteiger partial charge is 0.492 e. The van der Waals surface area contributed by atoms with Gasteiger partial charge in [0.15, 0.2) is 0 Å². The molecule has 1 heterocycles. The lowest BCUT2D eigenvalue weighted by molar-refractivity contribution is 0.200. The van der Waals surface area contributed by atoms with Crippen LogP contribution in [0.2, 0.25) is 5.02 Å². The Hall–Kier alpha value is -1.80. The van der Waals surface area contributed by atoms with Crippen molar-refractivity contribution in [2.45, 2.75) is 4.90 Å². The van der Waals surface area contributed by atoms with E-state index in [-0.39, 0.29) is 0 Å². The van der Waals surface area contributed by atoms with E-state index in [9.17, 15) is 8.42 Å². The van der Waals surface area contributed by atoms with Crippen LogP contribution in [0.1, 0.15) is 0 Å². The van der Waals surface area contributed by atoms with Gasteiger partial charge in [-0.3, -0.25) is 4.90 Å². The van der Waals surface area contributed by atoms with Crippen LogP contribution in [-0.2, 0) is 10.0 Å². The first-order chi connectivity index (χ1) is 13.0. The van der Waals surface area contributed by atoms with E-state index in [0.29, 0.717) is 16.5 Å². The minimum absolute atomic E-state index is 0.326. The molecule has 3 rings (SSSR count). The lowest BCUT2D eigenvalue weighted by Gasteiger charge is -2.36. The van der Waals surface area contributed by atoms with E-state index >= 15 is 0 Å². The van der Waals surface area contributed by atoms with Crippen LogP contribution >= 0.6 is 11.6 Å². The molecule has 146 valence electrons. The van der Waals surface area contributed by atoms with Crippen LogP contribution < -0.4 is 14.4 Å². The summed E-state index contributed by atoms with van der Waals surface area (Å²) in [5.74, 6) is 0.809. The summed E-state index contributed by atoms with van der Waals surface area (Å²) < 4.78 is 32.7. The van der Waals surface area contributed by atoms with Gasteiger partial charge in [-0.25, -0.2) is 13.1 Å². The number of nitrogens with zero attached hydrogens (tertiary/aromatic N) is 2. The van der Waals surface area contributed by atoms with Crippen molar-refractivity contribution in [1.82, 2.24) is 9.62 Å². The Labute approximate surface area is 165 Å². The molecule has 2 aromatic rings. The molecular formula is C19H24ClN3O3S. The molecule has 0 saturated carbocycles. The van der Waals surface area contributed by atoms with Gasteiger partial charge >= 0.3 is 0 Å². The Kier molecular flexibility index (Phi) is 6.59. The van der Waals surface area contributed by atoms with Crippen LogP contribution in [0.5, 0.6) is 5.75 Å². The first-order valence-electron chi connectivity index (χ1n) is 8.88. The lowest BCUT2D eigenvalue weighted by Crippen LogP contribution is -2.48. The zero-order valence-electron chi connectivity index (χ0n) is 15.3. The van der Waals surface area contributed by atoms with Crippen molar-refractivity contribution in [3.63, 3.8) is 0 Å². The molecular weight excluding hydrogens is 386 g/mol. The summed E-state index contributed by atoms with van der Waals surface area (Å²) >= 11 is 5.87. The van der Waals surface area contributed by atoms with Crippen LogP contribution in [0.15, 0.2) is 53.4 Å². The molecule has 1 aliphatic rings. The molecule has 0 radical (unpaired) electrons. The van der Waals surface area contributed by atoms with Gasteiger partial charge in [0.25, 0.3) is 0 Å². The SMILES string of the molecule is CNS(=O)(=O)c1ccccc1N1CCN(CCOc2ccc(Cl)cc2)CC1. The summed E-state index contributed by atoms with van der Waals surface area (Å²) in [4.78, 5) is 4.77. The lowest BCUT2D eigenvalue weighted by atomic mass is 10.2. The van der Waals surface area contributed by atoms with Crippen molar-refractivity contribution in [3.8, 4) is 5.75 Å². The van der Waals surface area contributed by atoms with Gasteiger partial charge in [0.1, 0.15) is 17.3 Å². The van der Waals surface area contributed by atoms with Crippen molar-refractivity contribution < 1.29 is 13.2 Å². The smallest absolute Gasteiger partial charge is 0.242 e. The van der Waals surface area contributed by atoms with E-state index in [1.54, 1.807) is 12.1 Å². The molecule has 27 heavy (non-hydrogen) atoms. The molecule has 1 N–H and O–H groups in total. The van der Waals surface area contributed by atoms with Crippen molar-refractivity contribution in [1.29, 1.82) is 0 Å². The Balaban J connectivity index is 1.53. The quantitative estimate of drug-likeness (QED) is 0.761. The Morgan fingerprint density at radius 1 is 1.04 bits per heavy atom. The molecule has 2 aromatic carbocycles. The molecule has 0 unspecified atom stereocenters. The fourth-order valence-corrected chi connectivity index (χ4v) is 4.17. The van der Waals surface area contributed by atoms with E-state index in [4.69, 9.17) is 16.3 Å². The van der Waals surface area contributed by atoms with E-state index in [2.05, 4.69) is 14.5 Å². The highest BCUT2D eigenvalue weighted by molar-refractivity contribution is 7.89. The van der Waals surface area contributed by atoms with Crippen LogP contribution in [0.25, 0.3) is 0 Å². The Morgan fingerprint density at radius 2 is 1.70 bits per heavy atom. The second-order valence-corrected chi connectivity index (χ2v) is 8.60. The average molecular weight is 410 g/mol. The van der Waals surface area contributed by atoms with Gasteiger partial charge in [-0.1, -0.05) is 23.7 Å². The third kappa shape index (κ3) is 5.13. The van der Waals surface area contributed by atoms with Crippen LogP contribution in [0.4, 0.5) is 5.69 Å². The summed E-state index contributed by atoms with van der Waals surface area (Å²) in [7, 11) is -2.04. The summed E-state index contributed by atoms with van der Waals surface area (Å²) in [6.07, 6.45) is 0. The Bertz CT molecular complexity index is 851. The molecule has 0 amide bonds. The molecule has 0 aromatic heterocycles. The third-order valence-electron chi connectivity index (χ3n) is 4.63. The molecule has 0 spiro atoms. The number of hydrogen-bond donors (Lipinski definition) is 1. The van der Waals surface area contributed by atoms with Crippen LogP contribution in [0, 0.1) is 0 Å². The average Bonchev–Trinajstić information content (AvgIpc) is 2.70. The van der Waals surface area contributed by atoms with Gasteiger partial charge in [0, 0.05) is 37.7 Å². The summed E-state index contributed by atoms with van der Waals surface area (Å²) in [6.45, 7) is 4.70. The Morgan fingerprint density at radius 3 is 2.37 bits per heavy atom. The van der Waals surface area contributed by atoms with Gasteiger partial charge < -0.3 is 9.64 Å². The maximum absolute atomic E-state index is 12.3. The van der Waals surface area contributed by atoms with Gasteiger partial charge in [0.05, 0.1) is 5.69 Å². The molecule has 8 heteroatoms. The summed E-state index contributed by atoms with van der Waals surface area (Å²) in [5.41, 5.74) is 0.754.